The van der Waals surface area contributed by atoms with Crippen LogP contribution >= 0.6 is 0 Å². The lowest BCUT2D eigenvalue weighted by Gasteiger charge is -2.28. The van der Waals surface area contributed by atoms with Crippen molar-refractivity contribution >= 4 is 5.91 Å². The van der Waals surface area contributed by atoms with E-state index in [-0.39, 0.29) is 17.2 Å². The molecule has 1 saturated carbocycles. The molecule has 1 saturated heterocycles. The first kappa shape index (κ1) is 17.3. The fourth-order valence-electron chi connectivity index (χ4n) is 3.51. The van der Waals surface area contributed by atoms with E-state index in [2.05, 4.69) is 17.6 Å². The second-order valence-electron chi connectivity index (χ2n) is 7.15. The van der Waals surface area contributed by atoms with Crippen molar-refractivity contribution in [2.24, 2.45) is 5.92 Å². The van der Waals surface area contributed by atoms with Crippen LogP contribution in [0.3, 0.4) is 0 Å². The molecule has 0 radical (unpaired) electrons. The van der Waals surface area contributed by atoms with Gasteiger partial charge >= 0.3 is 6.18 Å². The molecule has 2 aliphatic rings. The second-order valence-corrected chi connectivity index (χ2v) is 7.15. The highest BCUT2D eigenvalue weighted by atomic mass is 19.4. The van der Waals surface area contributed by atoms with E-state index < -0.39 is 11.7 Å². The van der Waals surface area contributed by atoms with Gasteiger partial charge in [0.05, 0.1) is 5.56 Å². The number of alkyl halides is 3. The highest BCUT2D eigenvalue weighted by Crippen LogP contribution is 2.48. The summed E-state index contributed by atoms with van der Waals surface area (Å²) < 4.78 is 38.7. The molecular weight excluding hydrogens is 317 g/mol. The van der Waals surface area contributed by atoms with Gasteiger partial charge in [0.25, 0.3) is 0 Å². The Hall–Kier alpha value is -1.56. The van der Waals surface area contributed by atoms with Crippen molar-refractivity contribution in [1.82, 2.24) is 10.6 Å². The Morgan fingerprint density at radius 2 is 2.12 bits per heavy atom. The van der Waals surface area contributed by atoms with Gasteiger partial charge in [0.1, 0.15) is 0 Å². The number of carbonyl (C=O) groups excluding carboxylic acids is 1. The van der Waals surface area contributed by atoms with Gasteiger partial charge < -0.3 is 10.6 Å². The van der Waals surface area contributed by atoms with E-state index in [1.54, 1.807) is 6.07 Å². The average Bonchev–Trinajstić information content (AvgIpc) is 3.33. The van der Waals surface area contributed by atoms with Crippen molar-refractivity contribution < 1.29 is 18.0 Å². The normalized spacial score (nSPS) is 26.0. The van der Waals surface area contributed by atoms with Crippen LogP contribution in [-0.4, -0.2) is 25.0 Å². The number of hydrogen-bond donors (Lipinski definition) is 2. The van der Waals surface area contributed by atoms with Gasteiger partial charge in [0.15, 0.2) is 0 Å². The van der Waals surface area contributed by atoms with Gasteiger partial charge in [-0.05, 0) is 50.8 Å². The predicted octanol–water partition coefficient (Wildman–Crippen LogP) is 3.24. The number of benzene rings is 1. The third kappa shape index (κ3) is 3.74. The molecule has 0 spiro atoms. The third-order valence-electron chi connectivity index (χ3n) is 5.25. The quantitative estimate of drug-likeness (QED) is 0.883. The topological polar surface area (TPSA) is 41.1 Å². The first-order valence-electron chi connectivity index (χ1n) is 8.49. The number of nitrogens with one attached hydrogen (secondary N) is 2. The molecule has 1 amide bonds. The van der Waals surface area contributed by atoms with Gasteiger partial charge in [-0.3, -0.25) is 4.79 Å². The van der Waals surface area contributed by atoms with E-state index in [0.29, 0.717) is 18.2 Å². The van der Waals surface area contributed by atoms with E-state index in [0.717, 1.165) is 38.3 Å². The molecular formula is C18H23F3N2O. The van der Waals surface area contributed by atoms with Crippen molar-refractivity contribution in [1.29, 1.82) is 0 Å². The largest absolute Gasteiger partial charge is 0.416 e. The van der Waals surface area contributed by atoms with Gasteiger partial charge in [-0.2, -0.15) is 13.2 Å². The average molecular weight is 340 g/mol. The first-order valence-corrected chi connectivity index (χ1v) is 8.49. The minimum absolute atomic E-state index is 0.00133. The minimum Gasteiger partial charge on any atom is -0.355 e. The lowest BCUT2D eigenvalue weighted by atomic mass is 9.91. The van der Waals surface area contributed by atoms with Crippen molar-refractivity contribution in [2.45, 2.75) is 50.2 Å². The Morgan fingerprint density at radius 1 is 1.38 bits per heavy atom. The van der Waals surface area contributed by atoms with E-state index in [1.807, 2.05) is 0 Å². The Labute approximate surface area is 140 Å². The summed E-state index contributed by atoms with van der Waals surface area (Å²) in [4.78, 5) is 12.4. The summed E-state index contributed by atoms with van der Waals surface area (Å²) in [6.07, 6.45) is -1.08. The van der Waals surface area contributed by atoms with Gasteiger partial charge in [-0.1, -0.05) is 18.2 Å². The highest BCUT2D eigenvalue weighted by Gasteiger charge is 2.45. The van der Waals surface area contributed by atoms with Gasteiger partial charge in [-0.15, -0.1) is 0 Å². The molecule has 2 N–H and O–H groups in total. The maximum Gasteiger partial charge on any atom is 0.416 e. The Balaban J connectivity index is 1.64. The zero-order valence-corrected chi connectivity index (χ0v) is 13.7. The molecule has 132 valence electrons. The van der Waals surface area contributed by atoms with Crippen molar-refractivity contribution in [3.05, 3.63) is 35.4 Å². The number of rotatable bonds is 4. The lowest BCUT2D eigenvalue weighted by Crippen LogP contribution is -2.44. The maximum atomic E-state index is 12.9. The summed E-state index contributed by atoms with van der Waals surface area (Å²) in [5.74, 6) is 0.0279. The molecule has 1 aromatic carbocycles. The smallest absolute Gasteiger partial charge is 0.355 e. The van der Waals surface area contributed by atoms with Crippen LogP contribution in [-0.2, 0) is 16.4 Å². The number of hydrogen-bond acceptors (Lipinski definition) is 2. The van der Waals surface area contributed by atoms with Crippen LogP contribution in [0.1, 0.15) is 43.7 Å². The number of piperidine rings is 1. The fourth-order valence-corrected chi connectivity index (χ4v) is 3.51. The summed E-state index contributed by atoms with van der Waals surface area (Å²) in [7, 11) is 0. The van der Waals surface area contributed by atoms with Gasteiger partial charge in [-0.25, -0.2) is 0 Å². The van der Waals surface area contributed by atoms with Crippen LogP contribution in [0.2, 0.25) is 0 Å². The van der Waals surface area contributed by atoms with E-state index in [4.69, 9.17) is 0 Å². The number of halogens is 3. The van der Waals surface area contributed by atoms with Crippen molar-refractivity contribution in [3.63, 3.8) is 0 Å². The summed E-state index contributed by atoms with van der Waals surface area (Å²) >= 11 is 0. The molecule has 1 aromatic rings. The SMILES string of the molecule is C[C@H]1C[C@@H](C(=O)NCC2(c3cccc(C(F)(F)F)c3)CC2)CCN1. The molecule has 3 nitrogen and oxygen atoms in total. The van der Waals surface area contributed by atoms with Gasteiger partial charge in [0.2, 0.25) is 5.91 Å². The molecule has 0 unspecified atom stereocenters. The van der Waals surface area contributed by atoms with Crippen molar-refractivity contribution in [2.75, 3.05) is 13.1 Å². The summed E-state index contributed by atoms with van der Waals surface area (Å²) in [5, 5.41) is 6.30. The van der Waals surface area contributed by atoms with Crippen LogP contribution in [0.25, 0.3) is 0 Å². The van der Waals surface area contributed by atoms with Crippen LogP contribution in [0.15, 0.2) is 24.3 Å². The van der Waals surface area contributed by atoms with Crippen LogP contribution in [0, 0.1) is 5.92 Å². The molecule has 1 aliphatic carbocycles. The summed E-state index contributed by atoms with van der Waals surface area (Å²) in [5.41, 5.74) is -0.267. The predicted molar refractivity (Wildman–Crippen MR) is 85.6 cm³/mol. The van der Waals surface area contributed by atoms with E-state index in [1.165, 1.54) is 12.1 Å². The molecule has 2 fully saturated rings. The molecule has 1 aliphatic heterocycles. The maximum absolute atomic E-state index is 12.9. The number of carbonyl (C=O) groups is 1. The standard InChI is InChI=1S/C18H23F3N2O/c1-12-9-13(5-8-22-12)16(24)23-11-17(6-7-17)14-3-2-4-15(10-14)18(19,20)21/h2-4,10,12-13,22H,5-9,11H2,1H3,(H,23,24)/t12-,13-/m0/s1. The Kier molecular flexibility index (Phi) is 4.60. The highest BCUT2D eigenvalue weighted by molar-refractivity contribution is 5.79. The fraction of sp³-hybridized carbons (Fsp3) is 0.611. The van der Waals surface area contributed by atoms with Gasteiger partial charge in [0, 0.05) is 23.9 Å². The molecule has 0 aromatic heterocycles. The van der Waals surface area contributed by atoms with E-state index in [9.17, 15) is 18.0 Å². The summed E-state index contributed by atoms with van der Waals surface area (Å²) in [6, 6.07) is 5.84. The molecule has 2 atom stereocenters. The zero-order chi connectivity index (χ0) is 17.4. The monoisotopic (exact) mass is 340 g/mol. The van der Waals surface area contributed by atoms with Crippen LogP contribution < -0.4 is 10.6 Å². The first-order chi connectivity index (χ1) is 11.3. The van der Waals surface area contributed by atoms with Crippen molar-refractivity contribution in [3.8, 4) is 0 Å². The molecule has 1 heterocycles. The minimum atomic E-state index is -4.33. The van der Waals surface area contributed by atoms with E-state index >= 15 is 0 Å². The molecule has 3 rings (SSSR count). The van der Waals surface area contributed by atoms with Crippen LogP contribution in [0.4, 0.5) is 13.2 Å². The Bertz CT molecular complexity index is 611. The summed E-state index contributed by atoms with van der Waals surface area (Å²) in [6.45, 7) is 3.31. The lowest BCUT2D eigenvalue weighted by molar-refractivity contribution is -0.137. The zero-order valence-electron chi connectivity index (χ0n) is 13.7. The second kappa shape index (κ2) is 6.39. The molecule has 0 bridgehead atoms. The van der Waals surface area contributed by atoms with Crippen LogP contribution in [0.5, 0.6) is 0 Å². The number of amides is 1. The Morgan fingerprint density at radius 3 is 2.75 bits per heavy atom. The molecule has 24 heavy (non-hydrogen) atoms. The molecule has 6 heteroatoms. The third-order valence-corrected chi connectivity index (χ3v) is 5.25.